The molecule has 0 N–H and O–H groups in total. The van der Waals surface area contributed by atoms with E-state index in [4.69, 9.17) is 10.00 Å². The van der Waals surface area contributed by atoms with Gasteiger partial charge in [-0.05, 0) is 72.6 Å². The smallest absolute Gasteiger partial charge is 0.228 e. The van der Waals surface area contributed by atoms with Crippen molar-refractivity contribution in [1.82, 2.24) is 19.8 Å². The third-order valence-electron chi connectivity index (χ3n) is 8.44. The number of hydrogen-bond acceptors (Lipinski definition) is 6. The highest BCUT2D eigenvalue weighted by molar-refractivity contribution is 5.78. The molecule has 1 unspecified atom stereocenters. The Bertz CT molecular complexity index is 1330. The average molecular weight is 494 g/mol. The summed E-state index contributed by atoms with van der Waals surface area (Å²) in [5.74, 6) is 0.875. The number of nitriles is 1. The second-order valence-corrected chi connectivity index (χ2v) is 10.7. The molecule has 2 aliphatic heterocycles. The summed E-state index contributed by atoms with van der Waals surface area (Å²) in [6.45, 7) is 3.92. The number of nitrogens with zero attached hydrogens (tertiary/aromatic N) is 5. The number of methoxy groups -OCH3 is 1. The Balaban J connectivity index is 1.03. The molecule has 0 saturated carbocycles. The van der Waals surface area contributed by atoms with Gasteiger partial charge in [-0.3, -0.25) is 19.7 Å². The lowest BCUT2D eigenvalue weighted by Gasteiger charge is -2.56. The van der Waals surface area contributed by atoms with Gasteiger partial charge in [0.1, 0.15) is 11.8 Å². The van der Waals surface area contributed by atoms with E-state index in [1.165, 1.54) is 11.1 Å². The molecule has 0 radical (unpaired) electrons. The number of likely N-dealkylation sites (tertiary alicyclic amines) is 2. The highest BCUT2D eigenvalue weighted by Crippen LogP contribution is 2.48. The molecule has 1 amide bonds. The summed E-state index contributed by atoms with van der Waals surface area (Å²) in [7, 11) is 1.62. The third-order valence-corrected chi connectivity index (χ3v) is 8.44. The van der Waals surface area contributed by atoms with Gasteiger partial charge in [-0.2, -0.15) is 5.26 Å². The SMILES string of the molecule is COc1ccc(CC(=O)N2CCC3(CC2)CN(C2CCc4cc(-c5ccc(C#N)cn5)ccc42)C3)nc1. The van der Waals surface area contributed by atoms with Crippen molar-refractivity contribution in [3.05, 3.63) is 77.2 Å². The minimum absolute atomic E-state index is 0.168. The second-order valence-electron chi connectivity index (χ2n) is 10.7. The predicted octanol–water partition coefficient (Wildman–Crippen LogP) is 4.18. The highest BCUT2D eigenvalue weighted by atomic mass is 16.5. The molecule has 7 heteroatoms. The van der Waals surface area contributed by atoms with Crippen LogP contribution in [0.3, 0.4) is 0 Å². The maximum atomic E-state index is 12.8. The van der Waals surface area contributed by atoms with Crippen molar-refractivity contribution in [1.29, 1.82) is 5.26 Å². The number of amides is 1. The lowest BCUT2D eigenvalue weighted by molar-refractivity contribution is -0.136. The van der Waals surface area contributed by atoms with E-state index in [9.17, 15) is 4.79 Å². The van der Waals surface area contributed by atoms with Crippen LogP contribution in [0.2, 0.25) is 0 Å². The fourth-order valence-electron chi connectivity index (χ4n) is 6.25. The maximum absolute atomic E-state index is 12.8. The minimum atomic E-state index is 0.168. The quantitative estimate of drug-likeness (QED) is 0.530. The molecule has 188 valence electrons. The molecule has 37 heavy (non-hydrogen) atoms. The molecule has 3 aromatic rings. The summed E-state index contributed by atoms with van der Waals surface area (Å²) in [4.78, 5) is 26.3. The van der Waals surface area contributed by atoms with Crippen molar-refractivity contribution in [2.75, 3.05) is 33.3 Å². The monoisotopic (exact) mass is 493 g/mol. The number of carbonyl (C=O) groups excluding carboxylic acids is 1. The number of hydrogen-bond donors (Lipinski definition) is 0. The summed E-state index contributed by atoms with van der Waals surface area (Å²) >= 11 is 0. The van der Waals surface area contributed by atoms with Crippen LogP contribution in [-0.4, -0.2) is 59.0 Å². The first-order valence-electron chi connectivity index (χ1n) is 13.1. The molecule has 1 aromatic carbocycles. The number of piperidine rings is 1. The molecule has 2 saturated heterocycles. The lowest BCUT2D eigenvalue weighted by Crippen LogP contribution is -2.61. The summed E-state index contributed by atoms with van der Waals surface area (Å²) in [5.41, 5.74) is 6.63. The predicted molar refractivity (Wildman–Crippen MR) is 140 cm³/mol. The van der Waals surface area contributed by atoms with Crippen LogP contribution in [-0.2, 0) is 17.6 Å². The van der Waals surface area contributed by atoms with E-state index in [1.54, 1.807) is 19.5 Å². The molecule has 3 aliphatic rings. The van der Waals surface area contributed by atoms with E-state index in [-0.39, 0.29) is 5.91 Å². The Morgan fingerprint density at radius 1 is 1.11 bits per heavy atom. The van der Waals surface area contributed by atoms with Crippen LogP contribution in [0.25, 0.3) is 11.3 Å². The largest absolute Gasteiger partial charge is 0.495 e. The van der Waals surface area contributed by atoms with E-state index in [0.29, 0.717) is 29.2 Å². The first-order chi connectivity index (χ1) is 18.1. The van der Waals surface area contributed by atoms with Crippen LogP contribution in [0, 0.1) is 16.7 Å². The number of carbonyl (C=O) groups is 1. The van der Waals surface area contributed by atoms with Gasteiger partial charge in [-0.15, -0.1) is 0 Å². The zero-order chi connectivity index (χ0) is 25.4. The zero-order valence-corrected chi connectivity index (χ0v) is 21.2. The molecule has 7 nitrogen and oxygen atoms in total. The Labute approximate surface area is 217 Å². The van der Waals surface area contributed by atoms with Crippen LogP contribution in [0.1, 0.15) is 47.7 Å². The first kappa shape index (κ1) is 23.6. The van der Waals surface area contributed by atoms with Crippen LogP contribution < -0.4 is 4.74 Å². The van der Waals surface area contributed by atoms with E-state index in [1.807, 2.05) is 29.2 Å². The molecule has 2 fully saturated rings. The third kappa shape index (κ3) is 4.58. The number of rotatable bonds is 5. The maximum Gasteiger partial charge on any atom is 0.228 e. The van der Waals surface area contributed by atoms with Gasteiger partial charge in [0.2, 0.25) is 5.91 Å². The highest BCUT2D eigenvalue weighted by Gasteiger charge is 2.48. The van der Waals surface area contributed by atoms with Crippen LogP contribution in [0.5, 0.6) is 5.75 Å². The van der Waals surface area contributed by atoms with E-state index in [2.05, 4.69) is 39.1 Å². The standard InChI is InChI=1S/C30H31N5O2/c1-37-25-6-5-24(32-18-25)15-29(36)34-12-10-30(11-13-34)19-35(20-30)28-9-4-22-14-23(3-7-26(22)28)27-8-2-21(16-31)17-33-27/h2-3,5-8,14,17-18,28H,4,9-13,15,19-20H2,1H3. The average Bonchev–Trinajstić information content (AvgIpc) is 3.35. The topological polar surface area (TPSA) is 82.4 Å². The summed E-state index contributed by atoms with van der Waals surface area (Å²) in [6, 6.07) is 16.8. The minimum Gasteiger partial charge on any atom is -0.495 e. The van der Waals surface area contributed by atoms with Crippen LogP contribution in [0.4, 0.5) is 0 Å². The summed E-state index contributed by atoms with van der Waals surface area (Å²) in [5, 5.41) is 9.02. The second kappa shape index (κ2) is 9.60. The summed E-state index contributed by atoms with van der Waals surface area (Å²) in [6.07, 6.45) is 8.07. The molecule has 0 bridgehead atoms. The van der Waals surface area contributed by atoms with Gasteiger partial charge in [0.05, 0.1) is 31.0 Å². The molecule has 1 aliphatic carbocycles. The van der Waals surface area contributed by atoms with Crippen molar-refractivity contribution in [3.63, 3.8) is 0 Å². The Kier molecular flexibility index (Phi) is 6.13. The Morgan fingerprint density at radius 3 is 2.62 bits per heavy atom. The Morgan fingerprint density at radius 2 is 1.95 bits per heavy atom. The van der Waals surface area contributed by atoms with Gasteiger partial charge in [0.15, 0.2) is 0 Å². The van der Waals surface area contributed by atoms with Crippen molar-refractivity contribution < 1.29 is 9.53 Å². The van der Waals surface area contributed by atoms with Gasteiger partial charge in [0.25, 0.3) is 0 Å². The molecular formula is C30H31N5O2. The van der Waals surface area contributed by atoms with E-state index < -0.39 is 0 Å². The Hall–Kier alpha value is -3.76. The van der Waals surface area contributed by atoms with Crippen LogP contribution >= 0.6 is 0 Å². The van der Waals surface area contributed by atoms with Gasteiger partial charge in [0, 0.05) is 49.7 Å². The molecule has 6 rings (SSSR count). The molecule has 4 heterocycles. The number of benzene rings is 1. The molecule has 2 aromatic heterocycles. The van der Waals surface area contributed by atoms with Gasteiger partial charge in [-0.25, -0.2) is 0 Å². The lowest BCUT2D eigenvalue weighted by atomic mass is 9.71. The van der Waals surface area contributed by atoms with Crippen LogP contribution in [0.15, 0.2) is 54.9 Å². The van der Waals surface area contributed by atoms with Gasteiger partial charge < -0.3 is 9.64 Å². The number of ether oxygens (including phenoxy) is 1. The fraction of sp³-hybridized carbons (Fsp3) is 0.400. The summed E-state index contributed by atoms with van der Waals surface area (Å²) < 4.78 is 5.15. The van der Waals surface area contributed by atoms with Crippen molar-refractivity contribution in [2.24, 2.45) is 5.41 Å². The normalized spacial score (nSPS) is 20.2. The number of fused-ring (bicyclic) bond motifs is 1. The van der Waals surface area contributed by atoms with Gasteiger partial charge >= 0.3 is 0 Å². The molecular weight excluding hydrogens is 462 g/mol. The van der Waals surface area contributed by atoms with Crippen molar-refractivity contribution in [2.45, 2.75) is 38.1 Å². The van der Waals surface area contributed by atoms with Gasteiger partial charge in [-0.1, -0.05) is 12.1 Å². The fourth-order valence-corrected chi connectivity index (χ4v) is 6.25. The van der Waals surface area contributed by atoms with Crippen molar-refractivity contribution >= 4 is 5.91 Å². The van der Waals surface area contributed by atoms with E-state index in [0.717, 1.165) is 68.8 Å². The molecule has 1 spiro atoms. The zero-order valence-electron chi connectivity index (χ0n) is 21.2. The number of aromatic nitrogens is 2. The van der Waals surface area contributed by atoms with E-state index >= 15 is 0 Å². The number of aryl methyl sites for hydroxylation is 1. The number of pyridine rings is 2. The molecule has 1 atom stereocenters. The first-order valence-corrected chi connectivity index (χ1v) is 13.1. The van der Waals surface area contributed by atoms with Crippen molar-refractivity contribution in [3.8, 4) is 23.1 Å².